The van der Waals surface area contributed by atoms with Gasteiger partial charge in [0, 0.05) is 6.42 Å². The summed E-state index contributed by atoms with van der Waals surface area (Å²) >= 11 is 0. The van der Waals surface area contributed by atoms with Gasteiger partial charge in [-0.3, -0.25) is 9.59 Å². The van der Waals surface area contributed by atoms with Crippen molar-refractivity contribution in [1.29, 1.82) is 0 Å². The van der Waals surface area contributed by atoms with Gasteiger partial charge in [-0.1, -0.05) is 247 Å². The monoisotopic (exact) mass is 878 g/mol. The molecule has 0 fully saturated rings. The highest BCUT2D eigenvalue weighted by Gasteiger charge is 2.24. The van der Waals surface area contributed by atoms with E-state index in [-0.39, 0.29) is 31.3 Å². The van der Waals surface area contributed by atoms with Gasteiger partial charge in [0.05, 0.1) is 25.2 Å². The highest BCUT2D eigenvalue weighted by atomic mass is 16.5. The summed E-state index contributed by atoms with van der Waals surface area (Å²) in [6.45, 7) is 6.31. The molecule has 0 aromatic heterocycles. The molecule has 3 unspecified atom stereocenters. The normalized spacial score (nSPS) is 13.9. The number of carbonyl (C=O) groups excluding carboxylic acids is 2. The standard InChI is InChI=1S/C57H99NO5/c1-4-7-10-13-16-19-22-25-27-29-31-33-36-39-42-45-48-53(63-57(62)50-47-44-41-38-35-30-24-21-18-15-12-9-6-3)51-56(61)58-54(52-59)55(60)49-46-43-40-37-34-32-28-26-23-20-17-14-11-8-5-2/h9,12,15,18,21,24,27,29-31,33,35,38,41,53-55,59-60H,4-8,10-11,13-14,16-17,19-20,22-23,25-26,28,32,34,36-37,39-40,42-52H2,1-3H3,(H,58,61)/b12-9+,18-15+,24-21-,29-27+,33-31+,35-30-,41-38+. The summed E-state index contributed by atoms with van der Waals surface area (Å²) < 4.78 is 5.88. The molecule has 362 valence electrons. The van der Waals surface area contributed by atoms with E-state index in [1.54, 1.807) is 0 Å². The van der Waals surface area contributed by atoms with Crippen LogP contribution in [0.25, 0.3) is 0 Å². The van der Waals surface area contributed by atoms with Gasteiger partial charge in [0.15, 0.2) is 0 Å². The molecule has 0 spiro atoms. The minimum absolute atomic E-state index is 0.0274. The van der Waals surface area contributed by atoms with Gasteiger partial charge in [0.1, 0.15) is 6.10 Å². The zero-order valence-electron chi connectivity index (χ0n) is 41.2. The Morgan fingerprint density at radius 1 is 0.476 bits per heavy atom. The Labute approximate surface area is 389 Å². The number of esters is 1. The molecule has 0 aromatic carbocycles. The topological polar surface area (TPSA) is 95.9 Å². The highest BCUT2D eigenvalue weighted by Crippen LogP contribution is 2.17. The van der Waals surface area contributed by atoms with Crippen molar-refractivity contribution >= 4 is 11.9 Å². The Morgan fingerprint density at radius 3 is 1.33 bits per heavy atom. The van der Waals surface area contributed by atoms with E-state index in [2.05, 4.69) is 56.5 Å². The van der Waals surface area contributed by atoms with Crippen molar-refractivity contribution in [3.05, 3.63) is 85.1 Å². The Bertz CT molecular complexity index is 1210. The van der Waals surface area contributed by atoms with E-state index >= 15 is 0 Å². The molecule has 3 atom stereocenters. The summed E-state index contributed by atoms with van der Waals surface area (Å²) in [6, 6.07) is -0.729. The molecular formula is C57H99NO5. The second-order valence-corrected chi connectivity index (χ2v) is 17.7. The lowest BCUT2D eigenvalue weighted by molar-refractivity contribution is -0.151. The largest absolute Gasteiger partial charge is 0.462 e. The van der Waals surface area contributed by atoms with Crippen LogP contribution in [-0.2, 0) is 14.3 Å². The molecule has 0 aliphatic carbocycles. The number of aliphatic hydroxyl groups is 2. The third-order valence-electron chi connectivity index (χ3n) is 11.6. The van der Waals surface area contributed by atoms with Crippen molar-refractivity contribution in [2.45, 2.75) is 257 Å². The van der Waals surface area contributed by atoms with Crippen LogP contribution in [0.1, 0.15) is 239 Å². The van der Waals surface area contributed by atoms with E-state index in [4.69, 9.17) is 4.74 Å². The minimum Gasteiger partial charge on any atom is -0.462 e. The summed E-state index contributed by atoms with van der Waals surface area (Å²) in [7, 11) is 0. The molecule has 0 aliphatic rings. The van der Waals surface area contributed by atoms with Crippen LogP contribution in [0.15, 0.2) is 85.1 Å². The number of nitrogens with one attached hydrogen (secondary N) is 1. The first kappa shape index (κ1) is 60.0. The maximum Gasteiger partial charge on any atom is 0.306 e. The number of amides is 1. The molecule has 0 saturated carbocycles. The number of rotatable bonds is 46. The predicted molar refractivity (Wildman–Crippen MR) is 273 cm³/mol. The number of hydrogen-bond donors (Lipinski definition) is 3. The number of aliphatic hydroxyl groups excluding tert-OH is 2. The average Bonchev–Trinajstić information content (AvgIpc) is 3.28. The molecule has 6 nitrogen and oxygen atoms in total. The number of ether oxygens (including phenoxy) is 1. The van der Waals surface area contributed by atoms with E-state index in [1.165, 1.54) is 122 Å². The van der Waals surface area contributed by atoms with Crippen LogP contribution in [0, 0.1) is 0 Å². The van der Waals surface area contributed by atoms with Crippen molar-refractivity contribution < 1.29 is 24.5 Å². The minimum atomic E-state index is -0.811. The van der Waals surface area contributed by atoms with Crippen LogP contribution < -0.4 is 5.32 Å². The fraction of sp³-hybridized carbons (Fsp3) is 0.719. The molecule has 0 radical (unpaired) electrons. The molecule has 63 heavy (non-hydrogen) atoms. The highest BCUT2D eigenvalue weighted by molar-refractivity contribution is 5.77. The van der Waals surface area contributed by atoms with Gasteiger partial charge < -0.3 is 20.3 Å². The van der Waals surface area contributed by atoms with E-state index in [9.17, 15) is 19.8 Å². The van der Waals surface area contributed by atoms with Crippen LogP contribution >= 0.6 is 0 Å². The van der Waals surface area contributed by atoms with Crippen molar-refractivity contribution in [2.75, 3.05) is 6.61 Å². The first-order chi connectivity index (χ1) is 31.0. The summed E-state index contributed by atoms with van der Waals surface area (Å²) in [6.07, 6.45) is 65.1. The zero-order chi connectivity index (χ0) is 45.9. The second-order valence-electron chi connectivity index (χ2n) is 17.7. The molecule has 3 N–H and O–H groups in total. The Morgan fingerprint density at radius 2 is 0.857 bits per heavy atom. The molecular weight excluding hydrogens is 779 g/mol. The summed E-state index contributed by atoms with van der Waals surface area (Å²) in [5, 5.41) is 23.8. The van der Waals surface area contributed by atoms with Crippen molar-refractivity contribution in [1.82, 2.24) is 5.32 Å². The van der Waals surface area contributed by atoms with E-state index in [0.717, 1.165) is 64.2 Å². The molecule has 0 bridgehead atoms. The number of allylic oxidation sites excluding steroid dienone is 14. The van der Waals surface area contributed by atoms with Crippen molar-refractivity contribution in [2.24, 2.45) is 0 Å². The lowest BCUT2D eigenvalue weighted by Crippen LogP contribution is -2.46. The maximum absolute atomic E-state index is 13.2. The van der Waals surface area contributed by atoms with E-state index < -0.39 is 18.2 Å². The molecule has 0 rings (SSSR count). The van der Waals surface area contributed by atoms with Gasteiger partial charge in [-0.05, 0) is 64.2 Å². The van der Waals surface area contributed by atoms with Crippen molar-refractivity contribution in [3.63, 3.8) is 0 Å². The Hall–Kier alpha value is -2.96. The zero-order valence-corrected chi connectivity index (χ0v) is 41.2. The molecule has 1 amide bonds. The molecule has 0 aliphatic heterocycles. The van der Waals surface area contributed by atoms with Gasteiger partial charge in [0.2, 0.25) is 5.91 Å². The Balaban J connectivity index is 4.72. The van der Waals surface area contributed by atoms with Crippen molar-refractivity contribution in [3.8, 4) is 0 Å². The summed E-state index contributed by atoms with van der Waals surface area (Å²) in [5.41, 5.74) is 0. The lowest BCUT2D eigenvalue weighted by atomic mass is 10.0. The number of unbranched alkanes of at least 4 members (excludes halogenated alkanes) is 25. The summed E-state index contributed by atoms with van der Waals surface area (Å²) in [5.74, 6) is -0.591. The average molecular weight is 878 g/mol. The van der Waals surface area contributed by atoms with Gasteiger partial charge in [-0.15, -0.1) is 0 Å². The fourth-order valence-corrected chi connectivity index (χ4v) is 7.63. The third kappa shape index (κ3) is 45.4. The summed E-state index contributed by atoms with van der Waals surface area (Å²) in [4.78, 5) is 26.1. The predicted octanol–water partition coefficient (Wildman–Crippen LogP) is 16.0. The van der Waals surface area contributed by atoms with Crippen LogP contribution in [0.3, 0.4) is 0 Å². The van der Waals surface area contributed by atoms with Gasteiger partial charge in [-0.2, -0.15) is 0 Å². The third-order valence-corrected chi connectivity index (χ3v) is 11.6. The second kappa shape index (κ2) is 50.0. The lowest BCUT2D eigenvalue weighted by Gasteiger charge is -2.24. The van der Waals surface area contributed by atoms with Gasteiger partial charge in [0.25, 0.3) is 0 Å². The van der Waals surface area contributed by atoms with E-state index in [0.29, 0.717) is 19.3 Å². The number of hydrogen-bond acceptors (Lipinski definition) is 5. The fourth-order valence-electron chi connectivity index (χ4n) is 7.63. The number of carbonyl (C=O) groups is 2. The van der Waals surface area contributed by atoms with Crippen LogP contribution in [0.2, 0.25) is 0 Å². The Kier molecular flexibility index (Phi) is 47.7. The van der Waals surface area contributed by atoms with Crippen LogP contribution in [-0.4, -0.2) is 46.9 Å². The van der Waals surface area contributed by atoms with E-state index in [1.807, 2.05) is 54.7 Å². The molecule has 0 aromatic rings. The first-order valence-corrected chi connectivity index (χ1v) is 26.4. The van der Waals surface area contributed by atoms with Crippen LogP contribution in [0.4, 0.5) is 0 Å². The van der Waals surface area contributed by atoms with Gasteiger partial charge >= 0.3 is 5.97 Å². The molecule has 0 saturated heterocycles. The quantitative estimate of drug-likeness (QED) is 0.0322. The molecule has 6 heteroatoms. The van der Waals surface area contributed by atoms with Gasteiger partial charge in [-0.25, -0.2) is 0 Å². The SMILES string of the molecule is CC/C=C/C=C/C=C\C=C/C=C/CCCC(=O)OC(CCCCC/C=C/C=C/CCCCCCCCC)CC(=O)NC(CO)C(O)CCCCCCCCCCCCCCCCC. The maximum atomic E-state index is 13.2. The molecule has 0 heterocycles. The smallest absolute Gasteiger partial charge is 0.306 e. The van der Waals surface area contributed by atoms with Crippen LogP contribution in [0.5, 0.6) is 0 Å². The first-order valence-electron chi connectivity index (χ1n) is 26.4.